The lowest BCUT2D eigenvalue weighted by Crippen LogP contribution is -2.32. The lowest BCUT2D eigenvalue weighted by Gasteiger charge is -2.09. The van der Waals surface area contributed by atoms with Gasteiger partial charge >= 0.3 is 5.97 Å². The van der Waals surface area contributed by atoms with Crippen LogP contribution in [0, 0.1) is 10.1 Å². The second-order valence-corrected chi connectivity index (χ2v) is 5.38. The number of aliphatic carboxylic acids is 1. The van der Waals surface area contributed by atoms with Crippen molar-refractivity contribution in [2.45, 2.75) is 10.9 Å². The Bertz CT molecular complexity index is 511. The number of carboxylic acids is 1. The molecule has 1 rings (SSSR count). The Balaban J connectivity index is 3.02. The van der Waals surface area contributed by atoms with Gasteiger partial charge in [0.25, 0.3) is 5.69 Å². The largest absolute Gasteiger partial charge is 0.495 e. The SMILES string of the molecule is COc1cc([N+](=O)[O-])c(SC[C@H](N)C(=O)O)cc1Br. The van der Waals surface area contributed by atoms with E-state index in [9.17, 15) is 14.9 Å². The van der Waals surface area contributed by atoms with E-state index in [1.165, 1.54) is 19.2 Å². The number of rotatable bonds is 6. The highest BCUT2D eigenvalue weighted by Crippen LogP contribution is 2.38. The van der Waals surface area contributed by atoms with Crippen molar-refractivity contribution in [2.75, 3.05) is 12.9 Å². The van der Waals surface area contributed by atoms with Crippen molar-refractivity contribution < 1.29 is 19.6 Å². The Kier molecular flexibility index (Phi) is 5.58. The fourth-order valence-electron chi connectivity index (χ4n) is 1.19. The van der Waals surface area contributed by atoms with Crippen LogP contribution in [0.25, 0.3) is 0 Å². The number of benzene rings is 1. The zero-order valence-electron chi connectivity index (χ0n) is 9.83. The molecule has 1 aromatic rings. The summed E-state index contributed by atoms with van der Waals surface area (Å²) in [5.74, 6) is -0.782. The molecule has 0 spiro atoms. The lowest BCUT2D eigenvalue weighted by atomic mass is 10.3. The van der Waals surface area contributed by atoms with Crippen molar-refractivity contribution in [3.63, 3.8) is 0 Å². The van der Waals surface area contributed by atoms with Crippen LogP contribution >= 0.6 is 27.7 Å². The van der Waals surface area contributed by atoms with E-state index in [0.717, 1.165) is 11.8 Å². The summed E-state index contributed by atoms with van der Waals surface area (Å²) in [4.78, 5) is 21.3. The molecule has 0 aliphatic heterocycles. The lowest BCUT2D eigenvalue weighted by molar-refractivity contribution is -0.387. The van der Waals surface area contributed by atoms with Gasteiger partial charge in [-0.3, -0.25) is 14.9 Å². The van der Waals surface area contributed by atoms with Gasteiger partial charge in [-0.15, -0.1) is 11.8 Å². The summed E-state index contributed by atoms with van der Waals surface area (Å²) in [6.07, 6.45) is 0. The number of nitrogens with zero attached hydrogens (tertiary/aromatic N) is 1. The van der Waals surface area contributed by atoms with Crippen molar-refractivity contribution >= 4 is 39.3 Å². The minimum atomic E-state index is -1.15. The smallest absolute Gasteiger partial charge is 0.321 e. The first-order chi connectivity index (χ1) is 8.86. The van der Waals surface area contributed by atoms with Crippen molar-refractivity contribution in [1.29, 1.82) is 0 Å². The van der Waals surface area contributed by atoms with Crippen LogP contribution in [0.1, 0.15) is 0 Å². The third-order valence-electron chi connectivity index (χ3n) is 2.17. The van der Waals surface area contributed by atoms with Crippen LogP contribution < -0.4 is 10.5 Å². The zero-order valence-corrected chi connectivity index (χ0v) is 12.2. The highest BCUT2D eigenvalue weighted by atomic mass is 79.9. The molecule has 0 bridgehead atoms. The third-order valence-corrected chi connectivity index (χ3v) is 3.95. The number of nitrogens with two attached hydrogens (primary N) is 1. The van der Waals surface area contributed by atoms with Gasteiger partial charge in [-0.1, -0.05) is 0 Å². The molecule has 3 N–H and O–H groups in total. The molecule has 0 aliphatic rings. The number of nitro benzene ring substituents is 1. The second-order valence-electron chi connectivity index (χ2n) is 3.47. The fraction of sp³-hybridized carbons (Fsp3) is 0.300. The molecule has 0 radical (unpaired) electrons. The molecule has 0 heterocycles. The van der Waals surface area contributed by atoms with Crippen molar-refractivity contribution in [3.8, 4) is 5.75 Å². The van der Waals surface area contributed by atoms with Gasteiger partial charge in [0.2, 0.25) is 0 Å². The first kappa shape index (κ1) is 15.7. The summed E-state index contributed by atoms with van der Waals surface area (Å²) in [6, 6.07) is 1.71. The van der Waals surface area contributed by atoms with E-state index < -0.39 is 16.9 Å². The summed E-state index contributed by atoms with van der Waals surface area (Å²) in [5.41, 5.74) is 5.21. The highest BCUT2D eigenvalue weighted by Gasteiger charge is 2.20. The molecule has 1 aromatic carbocycles. The van der Waals surface area contributed by atoms with E-state index in [0.29, 0.717) is 15.1 Å². The average Bonchev–Trinajstić information content (AvgIpc) is 2.35. The first-order valence-electron chi connectivity index (χ1n) is 5.00. The number of carboxylic acid groups (broad SMARTS) is 1. The Morgan fingerprint density at radius 1 is 1.68 bits per heavy atom. The van der Waals surface area contributed by atoms with Gasteiger partial charge in [0.1, 0.15) is 11.8 Å². The van der Waals surface area contributed by atoms with Crippen LogP contribution in [0.2, 0.25) is 0 Å². The Morgan fingerprint density at radius 2 is 2.32 bits per heavy atom. The molecule has 0 fully saturated rings. The van der Waals surface area contributed by atoms with Crippen LogP contribution in [-0.4, -0.2) is 34.9 Å². The number of carbonyl (C=O) groups is 1. The topological polar surface area (TPSA) is 116 Å². The Morgan fingerprint density at radius 3 is 2.79 bits per heavy atom. The van der Waals surface area contributed by atoms with Crippen molar-refractivity contribution in [1.82, 2.24) is 0 Å². The second kappa shape index (κ2) is 6.73. The minimum Gasteiger partial charge on any atom is -0.495 e. The number of ether oxygens (including phenoxy) is 1. The number of thioether (sulfide) groups is 1. The summed E-state index contributed by atoms with van der Waals surface area (Å²) in [6.45, 7) is 0. The number of hydrogen-bond donors (Lipinski definition) is 2. The van der Waals surface area contributed by atoms with Crippen LogP contribution in [0.5, 0.6) is 5.75 Å². The molecule has 0 amide bonds. The quantitative estimate of drug-likeness (QED) is 0.457. The van der Waals surface area contributed by atoms with Crippen LogP contribution in [-0.2, 0) is 4.79 Å². The predicted octanol–water partition coefficient (Wildman–Crippen LogP) is 1.87. The van der Waals surface area contributed by atoms with E-state index in [4.69, 9.17) is 15.6 Å². The van der Waals surface area contributed by atoms with Gasteiger partial charge in [0, 0.05) is 5.75 Å². The van der Waals surface area contributed by atoms with E-state index in [-0.39, 0.29) is 11.4 Å². The molecular formula is C10H11BrN2O5S. The summed E-state index contributed by atoms with van der Waals surface area (Å²) in [5, 5.41) is 19.6. The van der Waals surface area contributed by atoms with Crippen molar-refractivity contribution in [3.05, 3.63) is 26.7 Å². The maximum atomic E-state index is 11.0. The maximum absolute atomic E-state index is 11.0. The number of nitro groups is 1. The Hall–Kier alpha value is -1.32. The number of halogens is 1. The third kappa shape index (κ3) is 4.08. The van der Waals surface area contributed by atoms with Gasteiger partial charge < -0.3 is 15.6 Å². The fourth-order valence-corrected chi connectivity index (χ4v) is 2.83. The molecule has 0 aromatic heterocycles. The predicted molar refractivity (Wildman–Crippen MR) is 73.7 cm³/mol. The van der Waals surface area contributed by atoms with E-state index >= 15 is 0 Å². The minimum absolute atomic E-state index is 0.0366. The monoisotopic (exact) mass is 350 g/mol. The number of hydrogen-bond acceptors (Lipinski definition) is 6. The van der Waals surface area contributed by atoms with Gasteiger partial charge in [-0.05, 0) is 22.0 Å². The molecule has 1 atom stereocenters. The zero-order chi connectivity index (χ0) is 14.6. The molecule has 104 valence electrons. The highest BCUT2D eigenvalue weighted by molar-refractivity contribution is 9.10. The van der Waals surface area contributed by atoms with Crippen molar-refractivity contribution in [2.24, 2.45) is 5.73 Å². The molecule has 0 saturated carbocycles. The summed E-state index contributed by atoms with van der Waals surface area (Å²) in [7, 11) is 1.40. The Labute approximate surface area is 121 Å². The molecule has 9 heteroatoms. The standard InChI is InChI=1S/C10H11BrN2O5S/c1-18-8-3-7(13(16)17)9(2-5(8)11)19-4-6(12)10(14)15/h2-3,6H,4,12H2,1H3,(H,14,15)/t6-/m0/s1. The van der Waals surface area contributed by atoms with E-state index in [1.807, 2.05) is 0 Å². The molecule has 0 unspecified atom stereocenters. The van der Waals surface area contributed by atoms with Crippen LogP contribution in [0.15, 0.2) is 21.5 Å². The van der Waals surface area contributed by atoms with Gasteiger partial charge in [-0.2, -0.15) is 0 Å². The van der Waals surface area contributed by atoms with Gasteiger partial charge in [-0.25, -0.2) is 0 Å². The molecule has 7 nitrogen and oxygen atoms in total. The van der Waals surface area contributed by atoms with E-state index in [2.05, 4.69) is 15.9 Å². The number of methoxy groups -OCH3 is 1. The summed E-state index contributed by atoms with van der Waals surface area (Å²) >= 11 is 4.23. The molecule has 0 aliphatic carbocycles. The van der Waals surface area contributed by atoms with Gasteiger partial charge in [0.05, 0.1) is 27.5 Å². The average molecular weight is 351 g/mol. The molecular weight excluding hydrogens is 340 g/mol. The summed E-state index contributed by atoms with van der Waals surface area (Å²) < 4.78 is 5.52. The maximum Gasteiger partial charge on any atom is 0.321 e. The van der Waals surface area contributed by atoms with Crippen LogP contribution in [0.4, 0.5) is 5.69 Å². The van der Waals surface area contributed by atoms with Gasteiger partial charge in [0.15, 0.2) is 0 Å². The molecule has 19 heavy (non-hydrogen) atoms. The normalized spacial score (nSPS) is 11.9. The first-order valence-corrected chi connectivity index (χ1v) is 6.77. The van der Waals surface area contributed by atoms with Crippen LogP contribution in [0.3, 0.4) is 0 Å². The molecule has 0 saturated heterocycles. The van der Waals surface area contributed by atoms with E-state index in [1.54, 1.807) is 0 Å².